The summed E-state index contributed by atoms with van der Waals surface area (Å²) in [5, 5.41) is 15.4. The van der Waals surface area contributed by atoms with Gasteiger partial charge < -0.3 is 5.11 Å². The van der Waals surface area contributed by atoms with E-state index >= 15 is 0 Å². The minimum absolute atomic E-state index is 0.234. The number of hydrogen-bond donors (Lipinski definition) is 1. The molecule has 19 heavy (non-hydrogen) atoms. The molecule has 0 aliphatic carbocycles. The Morgan fingerprint density at radius 3 is 2.74 bits per heavy atom. The molecule has 2 aromatic rings. The van der Waals surface area contributed by atoms with Crippen LogP contribution in [0, 0.1) is 0 Å². The van der Waals surface area contributed by atoms with E-state index in [4.69, 9.17) is 23.2 Å². The van der Waals surface area contributed by atoms with Crippen molar-refractivity contribution in [3.63, 3.8) is 0 Å². The minimum Gasteiger partial charge on any atom is -0.387 e. The summed E-state index contributed by atoms with van der Waals surface area (Å²) in [6, 6.07) is 5.42. The van der Waals surface area contributed by atoms with Gasteiger partial charge in [-0.05, 0) is 29.1 Å². The molecule has 0 amide bonds. The van der Waals surface area contributed by atoms with Gasteiger partial charge in [0.25, 0.3) is 0 Å². The lowest BCUT2D eigenvalue weighted by atomic mass is 10.0. The Bertz CT molecular complexity index is 572. The Labute approximate surface area is 126 Å². The fraction of sp³-hybridized carbons (Fsp3) is 0.385. The van der Waals surface area contributed by atoms with E-state index in [1.165, 1.54) is 11.5 Å². The van der Waals surface area contributed by atoms with Gasteiger partial charge in [0.1, 0.15) is 0 Å². The molecule has 0 aliphatic rings. The van der Waals surface area contributed by atoms with Gasteiger partial charge in [-0.25, -0.2) is 0 Å². The van der Waals surface area contributed by atoms with E-state index in [0.29, 0.717) is 16.5 Å². The Morgan fingerprint density at radius 2 is 2.05 bits per heavy atom. The lowest BCUT2D eigenvalue weighted by Crippen LogP contribution is -2.04. The van der Waals surface area contributed by atoms with Crippen LogP contribution in [0.4, 0.5) is 0 Å². The summed E-state index contributed by atoms with van der Waals surface area (Å²) in [4.78, 5) is 0.797. The standard InChI is InChI=1S/C13H14Cl2N2OS/c1-7(2)12-13(19-17-16-12)10(18)6-8-4-3-5-9(14)11(8)15/h3-5,7,10,18H,6H2,1-2H3. The molecule has 0 spiro atoms. The predicted octanol–water partition coefficient (Wildman–Crippen LogP) is 4.24. The molecular weight excluding hydrogens is 303 g/mol. The van der Waals surface area contributed by atoms with Crippen molar-refractivity contribution < 1.29 is 5.11 Å². The Morgan fingerprint density at radius 1 is 1.32 bits per heavy atom. The summed E-state index contributed by atoms with van der Waals surface area (Å²) in [5.41, 5.74) is 1.67. The van der Waals surface area contributed by atoms with Gasteiger partial charge in [-0.1, -0.05) is 53.7 Å². The second-order valence-corrected chi connectivity index (χ2v) is 6.18. The number of aliphatic hydroxyl groups is 1. The van der Waals surface area contributed by atoms with Crippen LogP contribution in [0.2, 0.25) is 10.0 Å². The van der Waals surface area contributed by atoms with Crippen molar-refractivity contribution in [3.8, 4) is 0 Å². The largest absolute Gasteiger partial charge is 0.387 e. The Balaban J connectivity index is 2.23. The molecule has 0 fully saturated rings. The molecule has 1 atom stereocenters. The van der Waals surface area contributed by atoms with Gasteiger partial charge in [-0.15, -0.1) is 5.10 Å². The van der Waals surface area contributed by atoms with E-state index in [-0.39, 0.29) is 5.92 Å². The van der Waals surface area contributed by atoms with Crippen molar-refractivity contribution in [1.29, 1.82) is 0 Å². The highest BCUT2D eigenvalue weighted by atomic mass is 35.5. The number of hydrogen-bond acceptors (Lipinski definition) is 4. The van der Waals surface area contributed by atoms with Crippen LogP contribution in [0.5, 0.6) is 0 Å². The third kappa shape index (κ3) is 3.26. The molecule has 1 N–H and O–H groups in total. The average Bonchev–Trinajstić information content (AvgIpc) is 2.84. The molecule has 1 unspecified atom stereocenters. The fourth-order valence-corrected chi connectivity index (χ4v) is 3.03. The smallest absolute Gasteiger partial charge is 0.0957 e. The molecule has 0 saturated heterocycles. The molecule has 6 heteroatoms. The van der Waals surface area contributed by atoms with Crippen molar-refractivity contribution in [1.82, 2.24) is 9.59 Å². The van der Waals surface area contributed by atoms with Crippen LogP contribution in [0.1, 0.15) is 42.0 Å². The average molecular weight is 317 g/mol. The van der Waals surface area contributed by atoms with Gasteiger partial charge in [0.05, 0.1) is 26.7 Å². The van der Waals surface area contributed by atoms with E-state index in [1.807, 2.05) is 26.0 Å². The van der Waals surface area contributed by atoms with Crippen molar-refractivity contribution in [3.05, 3.63) is 44.4 Å². The highest BCUT2D eigenvalue weighted by molar-refractivity contribution is 7.05. The summed E-state index contributed by atoms with van der Waals surface area (Å²) < 4.78 is 3.92. The molecule has 3 nitrogen and oxygen atoms in total. The maximum absolute atomic E-state index is 10.3. The minimum atomic E-state index is -0.659. The zero-order chi connectivity index (χ0) is 14.0. The highest BCUT2D eigenvalue weighted by Crippen LogP contribution is 2.32. The fourth-order valence-electron chi connectivity index (χ4n) is 1.84. The number of rotatable bonds is 4. The number of aliphatic hydroxyl groups excluding tert-OH is 1. The summed E-state index contributed by atoms with van der Waals surface area (Å²) in [5.74, 6) is 0.234. The first kappa shape index (κ1) is 14.7. The van der Waals surface area contributed by atoms with Crippen LogP contribution < -0.4 is 0 Å². The third-order valence-corrected chi connectivity index (χ3v) is 4.53. The van der Waals surface area contributed by atoms with Crippen LogP contribution in [0.3, 0.4) is 0 Å². The van der Waals surface area contributed by atoms with Crippen molar-refractivity contribution in [2.45, 2.75) is 32.3 Å². The van der Waals surface area contributed by atoms with Gasteiger partial charge in [-0.2, -0.15) is 0 Å². The zero-order valence-electron chi connectivity index (χ0n) is 10.6. The van der Waals surface area contributed by atoms with E-state index in [1.54, 1.807) is 6.07 Å². The van der Waals surface area contributed by atoms with Gasteiger partial charge in [0, 0.05) is 6.42 Å². The summed E-state index contributed by atoms with van der Waals surface area (Å²) in [7, 11) is 0. The Hall–Kier alpha value is -0.680. The normalized spacial score (nSPS) is 12.9. The maximum Gasteiger partial charge on any atom is 0.0957 e. The Kier molecular flexibility index (Phi) is 4.79. The predicted molar refractivity (Wildman–Crippen MR) is 79.1 cm³/mol. The molecule has 1 aromatic heterocycles. The summed E-state index contributed by atoms with van der Waals surface area (Å²) >= 11 is 13.3. The molecule has 0 bridgehead atoms. The van der Waals surface area contributed by atoms with Gasteiger partial charge >= 0.3 is 0 Å². The highest BCUT2D eigenvalue weighted by Gasteiger charge is 2.20. The first-order valence-corrected chi connectivity index (χ1v) is 7.46. The summed E-state index contributed by atoms with van der Waals surface area (Å²) in [6.45, 7) is 4.05. The number of halogens is 2. The van der Waals surface area contributed by atoms with Crippen molar-refractivity contribution in [2.75, 3.05) is 0 Å². The van der Waals surface area contributed by atoms with Crippen LogP contribution >= 0.6 is 34.7 Å². The molecule has 1 aromatic carbocycles. The third-order valence-electron chi connectivity index (χ3n) is 2.83. The lowest BCUT2D eigenvalue weighted by Gasteiger charge is -2.12. The maximum atomic E-state index is 10.3. The van der Waals surface area contributed by atoms with E-state index in [2.05, 4.69) is 9.59 Å². The van der Waals surface area contributed by atoms with Gasteiger partial charge in [-0.3, -0.25) is 0 Å². The van der Waals surface area contributed by atoms with Crippen LogP contribution in [-0.2, 0) is 6.42 Å². The quantitative estimate of drug-likeness (QED) is 0.917. The van der Waals surface area contributed by atoms with Crippen molar-refractivity contribution >= 4 is 34.7 Å². The van der Waals surface area contributed by atoms with E-state index < -0.39 is 6.10 Å². The second-order valence-electron chi connectivity index (χ2n) is 4.61. The lowest BCUT2D eigenvalue weighted by molar-refractivity contribution is 0.180. The second kappa shape index (κ2) is 6.18. The van der Waals surface area contributed by atoms with Gasteiger partial charge in [0.15, 0.2) is 0 Å². The molecule has 0 aliphatic heterocycles. The monoisotopic (exact) mass is 316 g/mol. The first-order valence-electron chi connectivity index (χ1n) is 5.93. The molecule has 1 heterocycles. The molecule has 0 saturated carbocycles. The van der Waals surface area contributed by atoms with Crippen LogP contribution in [0.15, 0.2) is 18.2 Å². The molecule has 2 rings (SSSR count). The number of aromatic nitrogens is 2. The van der Waals surface area contributed by atoms with E-state index in [0.717, 1.165) is 16.1 Å². The number of nitrogens with zero attached hydrogens (tertiary/aromatic N) is 2. The topological polar surface area (TPSA) is 46.0 Å². The zero-order valence-corrected chi connectivity index (χ0v) is 12.9. The SMILES string of the molecule is CC(C)c1nnsc1C(O)Cc1cccc(Cl)c1Cl. The van der Waals surface area contributed by atoms with Crippen LogP contribution in [-0.4, -0.2) is 14.7 Å². The molecule has 102 valence electrons. The first-order chi connectivity index (χ1) is 9.00. The van der Waals surface area contributed by atoms with Gasteiger partial charge in [0.2, 0.25) is 0 Å². The molecule has 0 radical (unpaired) electrons. The molecular formula is C13H14Cl2N2OS. The van der Waals surface area contributed by atoms with E-state index in [9.17, 15) is 5.11 Å². The van der Waals surface area contributed by atoms with Crippen LogP contribution in [0.25, 0.3) is 0 Å². The summed E-state index contributed by atoms with van der Waals surface area (Å²) in [6.07, 6.45) is -0.253. The number of benzene rings is 1. The van der Waals surface area contributed by atoms with Crippen molar-refractivity contribution in [2.24, 2.45) is 0 Å².